The highest BCUT2D eigenvalue weighted by Crippen LogP contribution is 2.36. The Morgan fingerprint density at radius 1 is 1.21 bits per heavy atom. The number of aromatic nitrogens is 4. The molecule has 0 aliphatic rings. The molecule has 12 heteroatoms. The maximum atomic E-state index is 12.4. The van der Waals surface area contributed by atoms with Crippen LogP contribution in [0.5, 0.6) is 5.75 Å². The number of anilines is 3. The van der Waals surface area contributed by atoms with Gasteiger partial charge in [0.1, 0.15) is 12.4 Å². The number of hydrogen-bond donors (Lipinski definition) is 3. The summed E-state index contributed by atoms with van der Waals surface area (Å²) in [5.41, 5.74) is 1.14. The van der Waals surface area contributed by atoms with Gasteiger partial charge in [0.2, 0.25) is 11.7 Å². The van der Waals surface area contributed by atoms with Gasteiger partial charge in [0.25, 0.3) is 11.8 Å². The van der Waals surface area contributed by atoms with Gasteiger partial charge < -0.3 is 29.9 Å². The number of rotatable bonds is 10. The van der Waals surface area contributed by atoms with Crippen LogP contribution in [-0.2, 0) is 16.1 Å². The Morgan fingerprint density at radius 3 is 2.73 bits per heavy atom. The lowest BCUT2D eigenvalue weighted by atomic mass is 10.2. The van der Waals surface area contributed by atoms with Crippen LogP contribution in [0.4, 0.5) is 17.3 Å². The Labute approximate surface area is 190 Å². The highest BCUT2D eigenvalue weighted by Gasteiger charge is 2.20. The molecule has 3 rings (SSSR count). The molecule has 3 heterocycles. The summed E-state index contributed by atoms with van der Waals surface area (Å²) < 4.78 is 16.1. The van der Waals surface area contributed by atoms with Gasteiger partial charge in [0, 0.05) is 38.5 Å². The van der Waals surface area contributed by atoms with E-state index in [2.05, 4.69) is 36.1 Å². The van der Waals surface area contributed by atoms with E-state index >= 15 is 0 Å². The fourth-order valence-corrected chi connectivity index (χ4v) is 2.83. The van der Waals surface area contributed by atoms with Crippen LogP contribution in [0.3, 0.4) is 0 Å². The number of nitrogens with one attached hydrogen (secondary N) is 3. The third-order valence-corrected chi connectivity index (χ3v) is 4.46. The number of carbonyl (C=O) groups excluding carboxylic acids is 2. The van der Waals surface area contributed by atoms with Crippen molar-refractivity contribution in [2.45, 2.75) is 26.9 Å². The van der Waals surface area contributed by atoms with Gasteiger partial charge >= 0.3 is 0 Å². The molecule has 3 aromatic heterocycles. The van der Waals surface area contributed by atoms with Crippen LogP contribution in [0.15, 0.2) is 29.0 Å². The lowest BCUT2D eigenvalue weighted by molar-refractivity contribution is -0.115. The molecule has 0 saturated carbocycles. The molecule has 0 aromatic carbocycles. The van der Waals surface area contributed by atoms with Gasteiger partial charge in [-0.25, -0.2) is 9.97 Å². The first-order valence-corrected chi connectivity index (χ1v) is 10.2. The predicted octanol–water partition coefficient (Wildman–Crippen LogP) is 2.52. The summed E-state index contributed by atoms with van der Waals surface area (Å²) in [4.78, 5) is 37.0. The number of nitrogens with zero attached hydrogens (tertiary/aromatic N) is 4. The van der Waals surface area contributed by atoms with E-state index in [-0.39, 0.29) is 36.2 Å². The highest BCUT2D eigenvalue weighted by molar-refractivity contribution is 6.01. The summed E-state index contributed by atoms with van der Waals surface area (Å²) in [7, 11) is 2.99. The zero-order valence-electron chi connectivity index (χ0n) is 18.8. The van der Waals surface area contributed by atoms with Gasteiger partial charge in [0.05, 0.1) is 23.9 Å². The van der Waals surface area contributed by atoms with E-state index in [4.69, 9.17) is 14.0 Å². The Kier molecular flexibility index (Phi) is 7.86. The maximum absolute atomic E-state index is 12.4. The fourth-order valence-electron chi connectivity index (χ4n) is 2.83. The second-order valence-electron chi connectivity index (χ2n) is 6.61. The molecule has 12 nitrogen and oxygen atoms in total. The number of methoxy groups -OCH3 is 1. The minimum atomic E-state index is -0.368. The maximum Gasteiger partial charge on any atom is 0.254 e. The number of ether oxygens (including phenoxy) is 2. The molecule has 0 bridgehead atoms. The van der Waals surface area contributed by atoms with Crippen molar-refractivity contribution in [2.75, 3.05) is 31.4 Å². The molecule has 0 saturated heterocycles. The Hall–Kier alpha value is -4.06. The second-order valence-corrected chi connectivity index (χ2v) is 6.61. The minimum Gasteiger partial charge on any atom is -0.492 e. The number of carbonyl (C=O) groups is 2. The first-order valence-electron chi connectivity index (χ1n) is 10.2. The van der Waals surface area contributed by atoms with Crippen LogP contribution in [0.25, 0.3) is 11.4 Å². The summed E-state index contributed by atoms with van der Waals surface area (Å²) in [5.74, 6) is 0.962. The van der Waals surface area contributed by atoms with E-state index in [1.54, 1.807) is 25.3 Å². The van der Waals surface area contributed by atoms with Crippen molar-refractivity contribution < 1.29 is 23.6 Å². The smallest absolute Gasteiger partial charge is 0.254 e. The standard InChI is InChI=1S/C21H25N7O5/c1-5-16(29)26-15-9-14(13(10-24-15)21(30)22-3)25-20-18(31-4)12(7-8-23-20)19-27-17(33-28-19)11-32-6-2/h7-10H,5-6,11H2,1-4H3,(H,22,30)(H2,23,24,25,26,29). The molecule has 0 aliphatic carbocycles. The van der Waals surface area contributed by atoms with E-state index in [1.165, 1.54) is 20.4 Å². The van der Waals surface area contributed by atoms with Crippen molar-refractivity contribution in [1.29, 1.82) is 0 Å². The van der Waals surface area contributed by atoms with Crippen molar-refractivity contribution in [3.05, 3.63) is 36.0 Å². The second kappa shape index (κ2) is 11.0. The average molecular weight is 455 g/mol. The van der Waals surface area contributed by atoms with Crippen LogP contribution in [0, 0.1) is 0 Å². The molecule has 0 unspecified atom stereocenters. The minimum absolute atomic E-state index is 0.195. The Morgan fingerprint density at radius 2 is 2.03 bits per heavy atom. The SMILES string of the molecule is CCOCc1nc(-c2ccnc(Nc3cc(NC(=O)CC)ncc3C(=O)NC)c2OC)no1. The average Bonchev–Trinajstić information content (AvgIpc) is 3.31. The van der Waals surface area contributed by atoms with Crippen LogP contribution in [0.2, 0.25) is 0 Å². The summed E-state index contributed by atoms with van der Waals surface area (Å²) in [6, 6.07) is 3.22. The third kappa shape index (κ3) is 5.60. The van der Waals surface area contributed by atoms with Gasteiger partial charge in [-0.3, -0.25) is 9.59 Å². The summed E-state index contributed by atoms with van der Waals surface area (Å²) in [5, 5.41) is 12.3. The molecule has 0 atom stereocenters. The van der Waals surface area contributed by atoms with Gasteiger partial charge in [-0.05, 0) is 13.0 Å². The van der Waals surface area contributed by atoms with E-state index in [0.717, 1.165) is 0 Å². The molecular formula is C21H25N7O5. The van der Waals surface area contributed by atoms with Crippen molar-refractivity contribution in [1.82, 2.24) is 25.4 Å². The molecule has 33 heavy (non-hydrogen) atoms. The molecule has 2 amide bonds. The van der Waals surface area contributed by atoms with E-state index in [9.17, 15) is 9.59 Å². The fraction of sp³-hybridized carbons (Fsp3) is 0.333. The molecule has 174 valence electrons. The molecule has 0 radical (unpaired) electrons. The highest BCUT2D eigenvalue weighted by atomic mass is 16.5. The molecule has 0 spiro atoms. The van der Waals surface area contributed by atoms with Gasteiger partial charge in [-0.15, -0.1) is 0 Å². The van der Waals surface area contributed by atoms with Gasteiger partial charge in [-0.1, -0.05) is 12.1 Å². The normalized spacial score (nSPS) is 10.5. The predicted molar refractivity (Wildman–Crippen MR) is 119 cm³/mol. The van der Waals surface area contributed by atoms with Crippen molar-refractivity contribution in [2.24, 2.45) is 0 Å². The molecular weight excluding hydrogens is 430 g/mol. The van der Waals surface area contributed by atoms with Crippen LogP contribution >= 0.6 is 0 Å². The summed E-state index contributed by atoms with van der Waals surface area (Å²) >= 11 is 0. The largest absolute Gasteiger partial charge is 0.492 e. The number of amides is 2. The topological polar surface area (TPSA) is 153 Å². The molecule has 0 fully saturated rings. The third-order valence-electron chi connectivity index (χ3n) is 4.46. The zero-order chi connectivity index (χ0) is 23.8. The zero-order valence-corrected chi connectivity index (χ0v) is 18.8. The number of pyridine rings is 2. The molecule has 0 aliphatic heterocycles. The molecule has 3 aromatic rings. The lowest BCUT2D eigenvalue weighted by Crippen LogP contribution is -2.20. The van der Waals surface area contributed by atoms with Crippen LogP contribution in [0.1, 0.15) is 36.5 Å². The summed E-state index contributed by atoms with van der Waals surface area (Å²) in [6.07, 6.45) is 3.19. The van der Waals surface area contributed by atoms with Crippen molar-refractivity contribution >= 4 is 29.1 Å². The summed E-state index contributed by atoms with van der Waals surface area (Å²) in [6.45, 7) is 4.31. The van der Waals surface area contributed by atoms with Gasteiger partial charge in [0.15, 0.2) is 11.6 Å². The lowest BCUT2D eigenvalue weighted by Gasteiger charge is -2.15. The van der Waals surface area contributed by atoms with Gasteiger partial charge in [-0.2, -0.15) is 4.98 Å². The van der Waals surface area contributed by atoms with Crippen LogP contribution < -0.4 is 20.7 Å². The molecule has 3 N–H and O–H groups in total. The first-order chi connectivity index (χ1) is 16.0. The van der Waals surface area contributed by atoms with E-state index < -0.39 is 0 Å². The Balaban J connectivity index is 1.99. The first kappa shape index (κ1) is 23.6. The van der Waals surface area contributed by atoms with E-state index in [0.29, 0.717) is 41.1 Å². The van der Waals surface area contributed by atoms with Crippen molar-refractivity contribution in [3.63, 3.8) is 0 Å². The quantitative estimate of drug-likeness (QED) is 0.415. The number of hydrogen-bond acceptors (Lipinski definition) is 10. The Bertz CT molecular complexity index is 1130. The monoisotopic (exact) mass is 455 g/mol. The van der Waals surface area contributed by atoms with Crippen molar-refractivity contribution in [3.8, 4) is 17.1 Å². The van der Waals surface area contributed by atoms with Crippen LogP contribution in [-0.4, -0.2) is 52.7 Å². The van der Waals surface area contributed by atoms with E-state index in [1.807, 2.05) is 6.92 Å².